The van der Waals surface area contributed by atoms with Crippen molar-refractivity contribution in [3.8, 4) is 0 Å². The van der Waals surface area contributed by atoms with Gasteiger partial charge in [0.05, 0.1) is 13.0 Å². The van der Waals surface area contributed by atoms with Crippen LogP contribution in [0.2, 0.25) is 0 Å². The fraction of sp³-hybridized carbons (Fsp3) is 0.500. The molecule has 0 aliphatic rings. The lowest BCUT2D eigenvalue weighted by atomic mass is 9.99. The number of rotatable bonds is 7. The second-order valence-corrected chi connectivity index (χ2v) is 4.81. The van der Waals surface area contributed by atoms with Gasteiger partial charge in [0, 0.05) is 12.1 Å². The Morgan fingerprint density at radius 2 is 1.83 bits per heavy atom. The molecule has 4 nitrogen and oxygen atoms in total. The van der Waals surface area contributed by atoms with E-state index in [1.807, 2.05) is 38.1 Å². The minimum atomic E-state index is -0.820. The fourth-order valence-electron chi connectivity index (χ4n) is 1.56. The Bertz CT molecular complexity index is 383. The van der Waals surface area contributed by atoms with E-state index in [-0.39, 0.29) is 18.6 Å². The minimum absolute atomic E-state index is 0.0526. The van der Waals surface area contributed by atoms with Crippen molar-refractivity contribution in [3.63, 3.8) is 0 Å². The number of aliphatic hydroxyl groups excluding tert-OH is 1. The predicted octanol–water partition coefficient (Wildman–Crippen LogP) is 1.56. The average Bonchev–Trinajstić information content (AvgIpc) is 2.37. The molecule has 0 aliphatic heterocycles. The first kappa shape index (κ1) is 14.7. The van der Waals surface area contributed by atoms with Crippen LogP contribution in [-0.2, 0) is 17.8 Å². The Labute approximate surface area is 108 Å². The van der Waals surface area contributed by atoms with Crippen LogP contribution in [0.1, 0.15) is 31.4 Å². The van der Waals surface area contributed by atoms with Gasteiger partial charge < -0.3 is 15.5 Å². The maximum Gasteiger partial charge on any atom is 0.307 e. The van der Waals surface area contributed by atoms with Gasteiger partial charge in [0.1, 0.15) is 0 Å². The van der Waals surface area contributed by atoms with Gasteiger partial charge in [-0.15, -0.1) is 0 Å². The summed E-state index contributed by atoms with van der Waals surface area (Å²) < 4.78 is 0. The van der Waals surface area contributed by atoms with Crippen LogP contribution in [-0.4, -0.2) is 28.3 Å². The van der Waals surface area contributed by atoms with Gasteiger partial charge in [-0.25, -0.2) is 0 Å². The molecule has 3 N–H and O–H groups in total. The Kier molecular flexibility index (Phi) is 5.31. The Balaban J connectivity index is 2.56. The summed E-state index contributed by atoms with van der Waals surface area (Å²) >= 11 is 0. The van der Waals surface area contributed by atoms with E-state index < -0.39 is 5.97 Å². The van der Waals surface area contributed by atoms with Crippen molar-refractivity contribution in [3.05, 3.63) is 35.4 Å². The third-order valence-corrected chi connectivity index (χ3v) is 3.23. The van der Waals surface area contributed by atoms with E-state index >= 15 is 0 Å². The molecule has 0 fully saturated rings. The molecule has 0 aliphatic carbocycles. The third-order valence-electron chi connectivity index (χ3n) is 3.23. The molecule has 0 saturated carbocycles. The zero-order chi connectivity index (χ0) is 13.6. The number of aliphatic hydroxyl groups is 1. The first-order valence-corrected chi connectivity index (χ1v) is 6.14. The summed E-state index contributed by atoms with van der Waals surface area (Å²) in [5.41, 5.74) is 1.61. The lowest BCUT2D eigenvalue weighted by molar-refractivity contribution is -0.136. The monoisotopic (exact) mass is 251 g/mol. The summed E-state index contributed by atoms with van der Waals surface area (Å²) in [4.78, 5) is 10.5. The van der Waals surface area contributed by atoms with Gasteiger partial charge in [-0.3, -0.25) is 4.79 Å². The van der Waals surface area contributed by atoms with Gasteiger partial charge in [-0.2, -0.15) is 0 Å². The van der Waals surface area contributed by atoms with Crippen LogP contribution in [0.4, 0.5) is 0 Å². The van der Waals surface area contributed by atoms with E-state index in [0.717, 1.165) is 17.5 Å². The molecule has 1 rings (SSSR count). The smallest absolute Gasteiger partial charge is 0.307 e. The van der Waals surface area contributed by atoms with Crippen molar-refractivity contribution in [2.75, 3.05) is 6.61 Å². The van der Waals surface area contributed by atoms with Crippen LogP contribution in [0.15, 0.2) is 24.3 Å². The van der Waals surface area contributed by atoms with E-state index in [2.05, 4.69) is 5.32 Å². The topological polar surface area (TPSA) is 69.6 Å². The summed E-state index contributed by atoms with van der Waals surface area (Å²) in [6, 6.07) is 7.48. The minimum Gasteiger partial charge on any atom is -0.481 e. The Morgan fingerprint density at radius 1 is 1.28 bits per heavy atom. The lowest BCUT2D eigenvalue weighted by Gasteiger charge is -2.27. The summed E-state index contributed by atoms with van der Waals surface area (Å²) in [5, 5.41) is 21.3. The maximum absolute atomic E-state index is 10.5. The van der Waals surface area contributed by atoms with Crippen LogP contribution in [0.25, 0.3) is 0 Å². The van der Waals surface area contributed by atoms with E-state index in [9.17, 15) is 9.90 Å². The van der Waals surface area contributed by atoms with Crippen molar-refractivity contribution in [2.24, 2.45) is 0 Å². The molecule has 0 spiro atoms. The van der Waals surface area contributed by atoms with Gasteiger partial charge in [0.25, 0.3) is 0 Å². The van der Waals surface area contributed by atoms with Crippen molar-refractivity contribution >= 4 is 5.97 Å². The molecule has 18 heavy (non-hydrogen) atoms. The van der Waals surface area contributed by atoms with Gasteiger partial charge in [-0.05, 0) is 24.5 Å². The van der Waals surface area contributed by atoms with Gasteiger partial charge in [0.15, 0.2) is 0 Å². The molecule has 0 saturated heterocycles. The number of nitrogens with one attached hydrogen (secondary N) is 1. The number of benzene rings is 1. The number of hydrogen-bond donors (Lipinski definition) is 3. The van der Waals surface area contributed by atoms with Crippen LogP contribution in [0, 0.1) is 0 Å². The zero-order valence-electron chi connectivity index (χ0n) is 10.9. The standard InChI is InChI=1S/C14H21NO3/c1-3-14(2,10-16)15-9-12-6-4-11(5-7-12)8-13(17)18/h4-7,15-16H,3,8-10H2,1-2H3,(H,17,18). The number of carbonyl (C=O) groups is 1. The molecule has 1 aromatic rings. The largest absolute Gasteiger partial charge is 0.481 e. The third kappa shape index (κ3) is 4.47. The molecule has 1 aromatic carbocycles. The van der Waals surface area contributed by atoms with E-state index in [1.165, 1.54) is 0 Å². The van der Waals surface area contributed by atoms with Gasteiger partial charge in [0.2, 0.25) is 0 Å². The number of hydrogen-bond acceptors (Lipinski definition) is 3. The molecule has 0 radical (unpaired) electrons. The molecule has 0 aromatic heterocycles. The highest BCUT2D eigenvalue weighted by molar-refractivity contribution is 5.70. The highest BCUT2D eigenvalue weighted by Gasteiger charge is 2.19. The number of carboxylic acid groups (broad SMARTS) is 1. The predicted molar refractivity (Wildman–Crippen MR) is 70.4 cm³/mol. The van der Waals surface area contributed by atoms with E-state index in [1.54, 1.807) is 0 Å². The van der Waals surface area contributed by atoms with Crippen LogP contribution < -0.4 is 5.32 Å². The van der Waals surface area contributed by atoms with Crippen molar-refractivity contribution in [1.29, 1.82) is 0 Å². The first-order chi connectivity index (χ1) is 8.49. The average molecular weight is 251 g/mol. The van der Waals surface area contributed by atoms with Crippen LogP contribution in [0.3, 0.4) is 0 Å². The fourth-order valence-corrected chi connectivity index (χ4v) is 1.56. The molecule has 4 heteroatoms. The van der Waals surface area contributed by atoms with E-state index in [4.69, 9.17) is 5.11 Å². The van der Waals surface area contributed by atoms with E-state index in [0.29, 0.717) is 6.54 Å². The number of carboxylic acids is 1. The lowest BCUT2D eigenvalue weighted by Crippen LogP contribution is -2.44. The highest BCUT2D eigenvalue weighted by atomic mass is 16.4. The second kappa shape index (κ2) is 6.52. The molecule has 0 amide bonds. The maximum atomic E-state index is 10.5. The van der Waals surface area contributed by atoms with Gasteiger partial charge in [-0.1, -0.05) is 31.2 Å². The van der Waals surface area contributed by atoms with Crippen LogP contribution in [0.5, 0.6) is 0 Å². The molecule has 0 bridgehead atoms. The molecule has 100 valence electrons. The molecule has 1 unspecified atom stereocenters. The van der Waals surface area contributed by atoms with Crippen molar-refractivity contribution in [1.82, 2.24) is 5.32 Å². The molecular weight excluding hydrogens is 230 g/mol. The summed E-state index contributed by atoms with van der Waals surface area (Å²) in [6.45, 7) is 4.77. The first-order valence-electron chi connectivity index (χ1n) is 6.14. The quantitative estimate of drug-likeness (QED) is 0.688. The molecule has 0 heterocycles. The normalized spacial score (nSPS) is 14.2. The summed E-state index contributed by atoms with van der Waals surface area (Å²) in [5.74, 6) is -0.820. The second-order valence-electron chi connectivity index (χ2n) is 4.81. The van der Waals surface area contributed by atoms with Gasteiger partial charge >= 0.3 is 5.97 Å². The SMILES string of the molecule is CCC(C)(CO)NCc1ccc(CC(=O)O)cc1. The zero-order valence-corrected chi connectivity index (χ0v) is 10.9. The highest BCUT2D eigenvalue weighted by Crippen LogP contribution is 2.11. The summed E-state index contributed by atoms with van der Waals surface area (Å²) in [7, 11) is 0. The molecular formula is C14H21NO3. The van der Waals surface area contributed by atoms with Crippen molar-refractivity contribution in [2.45, 2.75) is 38.8 Å². The summed E-state index contributed by atoms with van der Waals surface area (Å²) in [6.07, 6.45) is 0.900. The molecule has 1 atom stereocenters. The number of aliphatic carboxylic acids is 1. The van der Waals surface area contributed by atoms with Crippen LogP contribution >= 0.6 is 0 Å². The Morgan fingerprint density at radius 3 is 2.28 bits per heavy atom. The van der Waals surface area contributed by atoms with Crippen molar-refractivity contribution < 1.29 is 15.0 Å². The Hall–Kier alpha value is -1.39.